The maximum atomic E-state index is 13.2. The molecule has 0 aliphatic heterocycles. The smallest absolute Gasteiger partial charge is 0.292 e. The van der Waals surface area contributed by atoms with E-state index in [0.29, 0.717) is 18.5 Å². The van der Waals surface area contributed by atoms with Crippen LogP contribution in [0.15, 0.2) is 71.8 Å². The van der Waals surface area contributed by atoms with Crippen LogP contribution in [0.2, 0.25) is 0 Å². The van der Waals surface area contributed by atoms with Gasteiger partial charge in [0, 0.05) is 29.1 Å². The van der Waals surface area contributed by atoms with Crippen LogP contribution in [0.5, 0.6) is 0 Å². The van der Waals surface area contributed by atoms with Gasteiger partial charge in [0.15, 0.2) is 4.90 Å². The van der Waals surface area contributed by atoms with Crippen LogP contribution >= 0.6 is 0 Å². The first kappa shape index (κ1) is 23.3. The van der Waals surface area contributed by atoms with E-state index in [-0.39, 0.29) is 11.7 Å². The summed E-state index contributed by atoms with van der Waals surface area (Å²) in [5.41, 5.74) is 2.15. The number of hydrogen-bond acceptors (Lipinski definition) is 6. The van der Waals surface area contributed by atoms with Gasteiger partial charge in [0.1, 0.15) is 5.82 Å². The standard InChI is InChI=1S/C23H22FN5O4S/c1-2-15(20-4-3-5-22(34(25,32)33)23(20)29(30)31)13-26-18-8-11-21-16(12-18)14-27-28(21)19-9-6-17(24)7-10-19/h3-12,14-15,26H,2,13H2,1H3,(H2,25,32,33)/t15-/m1/s1. The number of nitrogens with zero attached hydrogens (tertiary/aromatic N) is 3. The molecule has 0 unspecified atom stereocenters. The van der Waals surface area contributed by atoms with Gasteiger partial charge in [0.2, 0.25) is 10.0 Å². The molecule has 0 aliphatic rings. The minimum absolute atomic E-state index is 0.303. The lowest BCUT2D eigenvalue weighted by Gasteiger charge is -2.18. The predicted octanol–water partition coefficient (Wildman–Crippen LogP) is 4.33. The molecule has 0 spiro atoms. The third-order valence-electron chi connectivity index (χ3n) is 5.64. The van der Waals surface area contributed by atoms with Crippen molar-refractivity contribution >= 4 is 32.3 Å². The average molecular weight is 484 g/mol. The van der Waals surface area contributed by atoms with Crippen molar-refractivity contribution in [1.29, 1.82) is 0 Å². The number of hydrogen-bond donors (Lipinski definition) is 2. The Morgan fingerprint density at radius 2 is 1.91 bits per heavy atom. The van der Waals surface area contributed by atoms with E-state index in [1.807, 2.05) is 25.1 Å². The molecule has 0 amide bonds. The van der Waals surface area contributed by atoms with Gasteiger partial charge in [-0.25, -0.2) is 22.6 Å². The highest BCUT2D eigenvalue weighted by Gasteiger charge is 2.29. The zero-order valence-corrected chi connectivity index (χ0v) is 19.0. The van der Waals surface area contributed by atoms with Gasteiger partial charge in [-0.2, -0.15) is 5.10 Å². The summed E-state index contributed by atoms with van der Waals surface area (Å²) in [6, 6.07) is 15.8. The van der Waals surface area contributed by atoms with Crippen molar-refractivity contribution in [3.8, 4) is 5.69 Å². The molecule has 11 heteroatoms. The number of para-hydroxylation sites is 1. The van der Waals surface area contributed by atoms with Crippen LogP contribution in [0.25, 0.3) is 16.6 Å². The molecule has 4 aromatic rings. The Morgan fingerprint density at radius 3 is 2.56 bits per heavy atom. The number of rotatable bonds is 8. The lowest BCUT2D eigenvalue weighted by Crippen LogP contribution is -2.18. The van der Waals surface area contributed by atoms with Gasteiger partial charge in [-0.15, -0.1) is 0 Å². The van der Waals surface area contributed by atoms with Crippen molar-refractivity contribution in [2.75, 3.05) is 11.9 Å². The minimum atomic E-state index is -4.25. The highest BCUT2D eigenvalue weighted by Crippen LogP contribution is 2.34. The fourth-order valence-electron chi connectivity index (χ4n) is 3.94. The van der Waals surface area contributed by atoms with Crippen LogP contribution in [0.4, 0.5) is 15.8 Å². The van der Waals surface area contributed by atoms with Gasteiger partial charge in [-0.3, -0.25) is 10.1 Å². The molecule has 4 rings (SSSR count). The Labute approximate surface area is 195 Å². The number of primary sulfonamides is 1. The maximum Gasteiger partial charge on any atom is 0.292 e. The fourth-order valence-corrected chi connectivity index (χ4v) is 4.67. The Kier molecular flexibility index (Phi) is 6.31. The summed E-state index contributed by atoms with van der Waals surface area (Å²) >= 11 is 0. The molecule has 3 aromatic carbocycles. The average Bonchev–Trinajstić information content (AvgIpc) is 3.22. The summed E-state index contributed by atoms with van der Waals surface area (Å²) in [4.78, 5) is 10.5. The van der Waals surface area contributed by atoms with Crippen LogP contribution in [-0.2, 0) is 10.0 Å². The van der Waals surface area contributed by atoms with Crippen molar-refractivity contribution in [3.63, 3.8) is 0 Å². The van der Waals surface area contributed by atoms with E-state index in [0.717, 1.165) is 28.3 Å². The quantitative estimate of drug-likeness (QED) is 0.283. The predicted molar refractivity (Wildman–Crippen MR) is 127 cm³/mol. The topological polar surface area (TPSA) is 133 Å². The largest absolute Gasteiger partial charge is 0.384 e. The van der Waals surface area contributed by atoms with Crippen molar-refractivity contribution in [2.45, 2.75) is 24.2 Å². The highest BCUT2D eigenvalue weighted by molar-refractivity contribution is 7.89. The number of sulfonamides is 1. The highest BCUT2D eigenvalue weighted by atomic mass is 32.2. The zero-order chi connectivity index (χ0) is 24.5. The first-order valence-electron chi connectivity index (χ1n) is 10.5. The number of nitrogens with two attached hydrogens (primary N) is 1. The Balaban J connectivity index is 1.60. The molecule has 0 bridgehead atoms. The van der Waals surface area contributed by atoms with Crippen molar-refractivity contribution < 1.29 is 17.7 Å². The molecule has 1 atom stereocenters. The minimum Gasteiger partial charge on any atom is -0.384 e. The van der Waals surface area contributed by atoms with Gasteiger partial charge in [0.25, 0.3) is 5.69 Å². The van der Waals surface area contributed by atoms with Crippen molar-refractivity contribution in [2.24, 2.45) is 5.14 Å². The summed E-state index contributed by atoms with van der Waals surface area (Å²) in [6.45, 7) is 2.21. The number of nitro benzene ring substituents is 1. The molecule has 0 fully saturated rings. The van der Waals surface area contributed by atoms with Crippen LogP contribution in [0, 0.1) is 15.9 Å². The number of aromatic nitrogens is 2. The van der Waals surface area contributed by atoms with Crippen LogP contribution < -0.4 is 10.5 Å². The number of nitro groups is 1. The van der Waals surface area contributed by atoms with Crippen LogP contribution in [-0.4, -0.2) is 29.7 Å². The summed E-state index contributed by atoms with van der Waals surface area (Å²) < 4.78 is 38.7. The van der Waals surface area contributed by atoms with Gasteiger partial charge >= 0.3 is 0 Å². The van der Waals surface area contributed by atoms with Gasteiger partial charge in [-0.05, 0) is 55.0 Å². The summed E-state index contributed by atoms with van der Waals surface area (Å²) in [7, 11) is -4.25. The molecule has 1 heterocycles. The molecule has 0 saturated heterocycles. The molecular weight excluding hydrogens is 461 g/mol. The molecule has 9 nitrogen and oxygen atoms in total. The normalized spacial score (nSPS) is 12.6. The van der Waals surface area contributed by atoms with E-state index >= 15 is 0 Å². The Bertz CT molecular complexity index is 1470. The molecule has 176 valence electrons. The first-order chi connectivity index (χ1) is 16.2. The fraction of sp³-hybridized carbons (Fsp3) is 0.174. The SMILES string of the molecule is CC[C@H](CNc1ccc2c(cnn2-c2ccc(F)cc2)c1)c1cccc(S(N)(=O)=O)c1[N+](=O)[O-]. The van der Waals surface area contributed by atoms with E-state index in [9.17, 15) is 22.9 Å². The van der Waals surface area contributed by atoms with E-state index in [1.165, 1.54) is 18.2 Å². The van der Waals surface area contributed by atoms with Crippen molar-refractivity contribution in [1.82, 2.24) is 9.78 Å². The molecule has 0 saturated carbocycles. The number of benzene rings is 3. The molecule has 3 N–H and O–H groups in total. The van der Waals surface area contributed by atoms with Gasteiger partial charge in [-0.1, -0.05) is 19.1 Å². The van der Waals surface area contributed by atoms with Gasteiger partial charge < -0.3 is 5.32 Å². The summed E-state index contributed by atoms with van der Waals surface area (Å²) in [5, 5.41) is 25.4. The first-order valence-corrected chi connectivity index (χ1v) is 12.0. The third kappa shape index (κ3) is 4.61. The number of fused-ring (bicyclic) bond motifs is 1. The van der Waals surface area contributed by atoms with E-state index in [4.69, 9.17) is 5.14 Å². The Morgan fingerprint density at radius 1 is 1.18 bits per heavy atom. The Hall–Kier alpha value is -3.83. The molecule has 0 aliphatic carbocycles. The number of anilines is 1. The second-order valence-corrected chi connectivity index (χ2v) is 9.32. The van der Waals surface area contributed by atoms with E-state index in [2.05, 4.69) is 10.4 Å². The lowest BCUT2D eigenvalue weighted by atomic mass is 9.94. The van der Waals surface area contributed by atoms with Crippen LogP contribution in [0.1, 0.15) is 24.8 Å². The number of halogens is 1. The number of nitrogens with one attached hydrogen (secondary N) is 1. The molecule has 1 aromatic heterocycles. The third-order valence-corrected chi connectivity index (χ3v) is 6.59. The lowest BCUT2D eigenvalue weighted by molar-refractivity contribution is -0.388. The summed E-state index contributed by atoms with van der Waals surface area (Å²) in [5.74, 6) is -0.660. The van der Waals surface area contributed by atoms with Gasteiger partial charge in [0.05, 0.1) is 22.3 Å². The molecular formula is C23H22FN5O4S. The monoisotopic (exact) mass is 483 g/mol. The van der Waals surface area contributed by atoms with E-state index in [1.54, 1.807) is 29.1 Å². The van der Waals surface area contributed by atoms with E-state index < -0.39 is 25.5 Å². The second-order valence-electron chi connectivity index (χ2n) is 7.79. The zero-order valence-electron chi connectivity index (χ0n) is 18.2. The summed E-state index contributed by atoms with van der Waals surface area (Å²) in [6.07, 6.45) is 2.23. The maximum absolute atomic E-state index is 13.2. The molecule has 34 heavy (non-hydrogen) atoms. The van der Waals surface area contributed by atoms with Crippen LogP contribution in [0.3, 0.4) is 0 Å². The second kappa shape index (κ2) is 9.20. The molecule has 0 radical (unpaired) electrons. The van der Waals surface area contributed by atoms with Crippen molar-refractivity contribution in [3.05, 3.63) is 88.4 Å².